The van der Waals surface area contributed by atoms with Gasteiger partial charge in [0.05, 0.1) is 24.5 Å². The number of nitrogen functional groups attached to an aromatic ring is 1. The Labute approximate surface area is 89.0 Å². The number of piperazine rings is 1. The molecule has 2 heterocycles. The SMILES string of the molecule is COc1ccc(N)c(C2CNCCN2)n1. The summed E-state index contributed by atoms with van der Waals surface area (Å²) >= 11 is 0. The fourth-order valence-corrected chi connectivity index (χ4v) is 1.71. The monoisotopic (exact) mass is 208 g/mol. The maximum atomic E-state index is 5.89. The summed E-state index contributed by atoms with van der Waals surface area (Å²) in [6, 6.07) is 3.78. The molecule has 82 valence electrons. The number of pyridine rings is 1. The first-order chi connectivity index (χ1) is 7.31. The van der Waals surface area contributed by atoms with Crippen LogP contribution in [0.1, 0.15) is 11.7 Å². The number of nitrogens with two attached hydrogens (primary N) is 1. The average Bonchev–Trinajstić information content (AvgIpc) is 2.31. The predicted molar refractivity (Wildman–Crippen MR) is 58.8 cm³/mol. The Morgan fingerprint density at radius 1 is 1.47 bits per heavy atom. The fraction of sp³-hybridized carbons (Fsp3) is 0.500. The van der Waals surface area contributed by atoms with Gasteiger partial charge in [0.1, 0.15) is 0 Å². The number of methoxy groups -OCH3 is 1. The van der Waals surface area contributed by atoms with Crippen molar-refractivity contribution in [3.8, 4) is 5.88 Å². The maximum absolute atomic E-state index is 5.89. The van der Waals surface area contributed by atoms with E-state index in [0.717, 1.165) is 25.3 Å². The highest BCUT2D eigenvalue weighted by Gasteiger charge is 2.18. The molecule has 1 unspecified atom stereocenters. The van der Waals surface area contributed by atoms with Gasteiger partial charge in [-0.05, 0) is 6.07 Å². The number of hydrogen-bond donors (Lipinski definition) is 3. The van der Waals surface area contributed by atoms with Crippen molar-refractivity contribution in [2.45, 2.75) is 6.04 Å². The Bertz CT molecular complexity index is 336. The Kier molecular flexibility index (Phi) is 3.03. The largest absolute Gasteiger partial charge is 0.481 e. The van der Waals surface area contributed by atoms with Gasteiger partial charge in [0.15, 0.2) is 0 Å². The molecule has 4 N–H and O–H groups in total. The van der Waals surface area contributed by atoms with Crippen LogP contribution < -0.4 is 21.1 Å². The van der Waals surface area contributed by atoms with Crippen molar-refractivity contribution >= 4 is 5.69 Å². The highest BCUT2D eigenvalue weighted by Crippen LogP contribution is 2.21. The van der Waals surface area contributed by atoms with Crippen LogP contribution in [0.3, 0.4) is 0 Å². The van der Waals surface area contributed by atoms with E-state index in [1.54, 1.807) is 13.2 Å². The van der Waals surface area contributed by atoms with Crippen LogP contribution in [0, 0.1) is 0 Å². The lowest BCUT2D eigenvalue weighted by Gasteiger charge is -2.25. The standard InChI is InChI=1S/C10H16N4O/c1-15-9-3-2-7(11)10(14-9)8-6-12-4-5-13-8/h2-3,8,12-13H,4-6,11H2,1H3. The first kappa shape index (κ1) is 10.2. The number of nitrogens with zero attached hydrogens (tertiary/aromatic N) is 1. The van der Waals surface area contributed by atoms with Crippen molar-refractivity contribution in [1.29, 1.82) is 0 Å². The summed E-state index contributed by atoms with van der Waals surface area (Å²) in [5.74, 6) is 0.603. The molecule has 1 fully saturated rings. The molecular formula is C10H16N4O. The van der Waals surface area contributed by atoms with Crippen LogP contribution >= 0.6 is 0 Å². The quantitative estimate of drug-likeness (QED) is 0.633. The summed E-state index contributed by atoms with van der Waals surface area (Å²) in [5, 5.41) is 6.67. The second kappa shape index (κ2) is 4.46. The molecule has 0 aliphatic carbocycles. The van der Waals surface area contributed by atoms with Gasteiger partial charge in [0.25, 0.3) is 0 Å². The van der Waals surface area contributed by atoms with Crippen LogP contribution in [0.2, 0.25) is 0 Å². The Balaban J connectivity index is 2.24. The number of rotatable bonds is 2. The number of hydrogen-bond acceptors (Lipinski definition) is 5. The van der Waals surface area contributed by atoms with E-state index in [1.165, 1.54) is 0 Å². The zero-order chi connectivity index (χ0) is 10.7. The topological polar surface area (TPSA) is 72.2 Å². The third-order valence-corrected chi connectivity index (χ3v) is 2.51. The lowest BCUT2D eigenvalue weighted by molar-refractivity contribution is 0.385. The van der Waals surface area contributed by atoms with E-state index in [1.807, 2.05) is 6.07 Å². The molecule has 5 nitrogen and oxygen atoms in total. The van der Waals surface area contributed by atoms with E-state index in [2.05, 4.69) is 15.6 Å². The minimum absolute atomic E-state index is 0.175. The van der Waals surface area contributed by atoms with E-state index >= 15 is 0 Å². The van der Waals surface area contributed by atoms with E-state index in [4.69, 9.17) is 10.5 Å². The molecule has 0 spiro atoms. The van der Waals surface area contributed by atoms with Gasteiger partial charge < -0.3 is 21.1 Å². The molecule has 1 aliphatic rings. The normalized spacial score (nSPS) is 21.3. The van der Waals surface area contributed by atoms with Crippen LogP contribution in [-0.4, -0.2) is 31.7 Å². The summed E-state index contributed by atoms with van der Waals surface area (Å²) in [5.41, 5.74) is 7.46. The van der Waals surface area contributed by atoms with Crippen LogP contribution in [0.15, 0.2) is 12.1 Å². The highest BCUT2D eigenvalue weighted by atomic mass is 16.5. The van der Waals surface area contributed by atoms with Gasteiger partial charge in [-0.2, -0.15) is 0 Å². The third-order valence-electron chi connectivity index (χ3n) is 2.51. The number of nitrogens with one attached hydrogen (secondary N) is 2. The number of ether oxygens (including phenoxy) is 1. The molecule has 5 heteroatoms. The molecule has 15 heavy (non-hydrogen) atoms. The molecule has 0 aromatic carbocycles. The van der Waals surface area contributed by atoms with E-state index in [-0.39, 0.29) is 6.04 Å². The van der Waals surface area contributed by atoms with Gasteiger partial charge in [-0.15, -0.1) is 0 Å². The fourth-order valence-electron chi connectivity index (χ4n) is 1.71. The minimum atomic E-state index is 0.175. The van der Waals surface area contributed by atoms with E-state index < -0.39 is 0 Å². The Morgan fingerprint density at radius 3 is 3.00 bits per heavy atom. The summed E-state index contributed by atoms with van der Waals surface area (Å²) in [4.78, 5) is 4.36. The van der Waals surface area contributed by atoms with Crippen molar-refractivity contribution in [3.63, 3.8) is 0 Å². The molecule has 0 amide bonds. The van der Waals surface area contributed by atoms with Gasteiger partial charge in [-0.3, -0.25) is 0 Å². The molecule has 0 radical (unpaired) electrons. The Hall–Kier alpha value is -1.33. The molecule has 1 aromatic rings. The second-order valence-corrected chi connectivity index (χ2v) is 3.54. The lowest BCUT2D eigenvalue weighted by Crippen LogP contribution is -2.43. The summed E-state index contributed by atoms with van der Waals surface area (Å²) < 4.78 is 5.09. The average molecular weight is 208 g/mol. The summed E-state index contributed by atoms with van der Waals surface area (Å²) in [6.07, 6.45) is 0. The molecule has 0 bridgehead atoms. The lowest BCUT2D eigenvalue weighted by atomic mass is 10.1. The van der Waals surface area contributed by atoms with Gasteiger partial charge in [-0.1, -0.05) is 0 Å². The molecule has 0 saturated carbocycles. The maximum Gasteiger partial charge on any atom is 0.213 e. The van der Waals surface area contributed by atoms with Gasteiger partial charge in [-0.25, -0.2) is 4.98 Å². The number of aromatic nitrogens is 1. The zero-order valence-electron chi connectivity index (χ0n) is 8.79. The summed E-state index contributed by atoms with van der Waals surface area (Å²) in [6.45, 7) is 2.77. The van der Waals surface area contributed by atoms with Crippen molar-refractivity contribution in [2.24, 2.45) is 0 Å². The molecule has 1 aromatic heterocycles. The molecule has 1 saturated heterocycles. The van der Waals surface area contributed by atoms with Gasteiger partial charge >= 0.3 is 0 Å². The van der Waals surface area contributed by atoms with Crippen LogP contribution in [0.4, 0.5) is 5.69 Å². The second-order valence-electron chi connectivity index (χ2n) is 3.54. The Morgan fingerprint density at radius 2 is 2.33 bits per heavy atom. The van der Waals surface area contributed by atoms with Crippen molar-refractivity contribution in [3.05, 3.63) is 17.8 Å². The van der Waals surface area contributed by atoms with Gasteiger partial charge in [0, 0.05) is 25.7 Å². The first-order valence-electron chi connectivity index (χ1n) is 5.06. The van der Waals surface area contributed by atoms with Gasteiger partial charge in [0.2, 0.25) is 5.88 Å². The third kappa shape index (κ3) is 2.19. The van der Waals surface area contributed by atoms with E-state index in [9.17, 15) is 0 Å². The van der Waals surface area contributed by atoms with Crippen LogP contribution in [0.5, 0.6) is 5.88 Å². The molecule has 2 rings (SSSR count). The minimum Gasteiger partial charge on any atom is -0.481 e. The zero-order valence-corrected chi connectivity index (χ0v) is 8.79. The van der Waals surface area contributed by atoms with Crippen LogP contribution in [0.25, 0.3) is 0 Å². The molecule has 1 atom stereocenters. The molecular weight excluding hydrogens is 192 g/mol. The van der Waals surface area contributed by atoms with Crippen molar-refractivity contribution < 1.29 is 4.74 Å². The van der Waals surface area contributed by atoms with E-state index in [0.29, 0.717) is 11.6 Å². The molecule has 1 aliphatic heterocycles. The van der Waals surface area contributed by atoms with Crippen molar-refractivity contribution in [2.75, 3.05) is 32.5 Å². The number of anilines is 1. The predicted octanol–water partition coefficient (Wildman–Crippen LogP) is -0.0937. The van der Waals surface area contributed by atoms with Crippen molar-refractivity contribution in [1.82, 2.24) is 15.6 Å². The smallest absolute Gasteiger partial charge is 0.213 e. The summed E-state index contributed by atoms with van der Waals surface area (Å²) in [7, 11) is 1.61. The highest BCUT2D eigenvalue weighted by molar-refractivity contribution is 5.46. The first-order valence-corrected chi connectivity index (χ1v) is 5.06. The van der Waals surface area contributed by atoms with Crippen LogP contribution in [-0.2, 0) is 0 Å².